The van der Waals surface area contributed by atoms with Crippen molar-refractivity contribution in [3.8, 4) is 0 Å². The lowest BCUT2D eigenvalue weighted by Crippen LogP contribution is -2.47. The van der Waals surface area contributed by atoms with Gasteiger partial charge in [-0.05, 0) is 56.2 Å². The summed E-state index contributed by atoms with van der Waals surface area (Å²) in [5.41, 5.74) is 1.52. The average Bonchev–Trinajstić information content (AvgIpc) is 3.01. The SMILES string of the molecule is OC1(Cn2ccc3ncccc32)CCN(C[C@H]2CC=CCC2)CC1. The number of aliphatic hydroxyl groups is 1. The van der Waals surface area contributed by atoms with Crippen LogP contribution in [0.4, 0.5) is 0 Å². The van der Waals surface area contributed by atoms with Gasteiger partial charge in [-0.1, -0.05) is 12.2 Å². The molecule has 4 rings (SSSR count). The Morgan fingerprint density at radius 1 is 1.21 bits per heavy atom. The first-order chi connectivity index (χ1) is 11.7. The van der Waals surface area contributed by atoms with Crippen molar-refractivity contribution in [3.05, 3.63) is 42.7 Å². The third kappa shape index (κ3) is 3.40. The maximum Gasteiger partial charge on any atom is 0.0880 e. The molecule has 1 aliphatic carbocycles. The van der Waals surface area contributed by atoms with Crippen molar-refractivity contribution in [2.24, 2.45) is 5.92 Å². The minimum Gasteiger partial charge on any atom is -0.388 e. The standard InChI is InChI=1S/C20H27N3O/c24-20(16-23-12-8-18-19(23)7-4-11-21-18)9-13-22(14-10-20)15-17-5-2-1-3-6-17/h1-2,4,7-8,11-12,17,24H,3,5-6,9-10,13-16H2/t17-/m0/s1. The summed E-state index contributed by atoms with van der Waals surface area (Å²) in [5, 5.41) is 11.0. The van der Waals surface area contributed by atoms with E-state index in [1.165, 1.54) is 25.8 Å². The van der Waals surface area contributed by atoms with E-state index in [4.69, 9.17) is 0 Å². The van der Waals surface area contributed by atoms with Gasteiger partial charge < -0.3 is 14.6 Å². The fourth-order valence-corrected chi connectivity index (χ4v) is 4.17. The fourth-order valence-electron chi connectivity index (χ4n) is 4.17. The molecule has 128 valence electrons. The van der Waals surface area contributed by atoms with Gasteiger partial charge >= 0.3 is 0 Å². The van der Waals surface area contributed by atoms with Gasteiger partial charge in [0.15, 0.2) is 0 Å². The molecule has 0 spiro atoms. The number of likely N-dealkylation sites (tertiary alicyclic amines) is 1. The Kier molecular flexibility index (Phi) is 4.42. The van der Waals surface area contributed by atoms with E-state index in [0.717, 1.165) is 42.9 Å². The number of fused-ring (bicyclic) bond motifs is 1. The molecule has 0 amide bonds. The summed E-state index contributed by atoms with van der Waals surface area (Å²) in [4.78, 5) is 6.93. The molecular weight excluding hydrogens is 298 g/mol. The normalized spacial score (nSPS) is 24.5. The molecule has 0 radical (unpaired) electrons. The van der Waals surface area contributed by atoms with Crippen LogP contribution in [-0.4, -0.2) is 44.8 Å². The van der Waals surface area contributed by atoms with E-state index < -0.39 is 5.60 Å². The molecule has 1 saturated heterocycles. The molecule has 4 heteroatoms. The van der Waals surface area contributed by atoms with Crippen molar-refractivity contribution in [1.29, 1.82) is 0 Å². The van der Waals surface area contributed by atoms with Crippen molar-refractivity contribution < 1.29 is 5.11 Å². The summed E-state index contributed by atoms with van der Waals surface area (Å²) < 4.78 is 2.16. The Balaban J connectivity index is 1.36. The summed E-state index contributed by atoms with van der Waals surface area (Å²) in [6.07, 6.45) is 14.0. The minimum absolute atomic E-state index is 0.593. The fraction of sp³-hybridized carbons (Fsp3) is 0.550. The van der Waals surface area contributed by atoms with Crippen LogP contribution in [0.3, 0.4) is 0 Å². The molecule has 0 aromatic carbocycles. The Morgan fingerprint density at radius 3 is 2.88 bits per heavy atom. The van der Waals surface area contributed by atoms with Gasteiger partial charge in [-0.15, -0.1) is 0 Å². The summed E-state index contributed by atoms with van der Waals surface area (Å²) in [6, 6.07) is 6.08. The maximum atomic E-state index is 11.0. The molecule has 2 aromatic heterocycles. The zero-order valence-electron chi connectivity index (χ0n) is 14.3. The van der Waals surface area contributed by atoms with Gasteiger partial charge in [0.05, 0.1) is 23.2 Å². The van der Waals surface area contributed by atoms with E-state index in [1.807, 2.05) is 18.3 Å². The Bertz CT molecular complexity index is 712. The van der Waals surface area contributed by atoms with Crippen LogP contribution in [-0.2, 0) is 6.54 Å². The van der Waals surface area contributed by atoms with E-state index in [2.05, 4.69) is 38.9 Å². The molecule has 2 aliphatic rings. The minimum atomic E-state index is -0.593. The highest BCUT2D eigenvalue weighted by atomic mass is 16.3. The second-order valence-corrected chi connectivity index (χ2v) is 7.53. The van der Waals surface area contributed by atoms with Gasteiger partial charge in [0, 0.05) is 32.0 Å². The van der Waals surface area contributed by atoms with Gasteiger partial charge in [0.2, 0.25) is 0 Å². The van der Waals surface area contributed by atoms with Crippen molar-refractivity contribution in [2.75, 3.05) is 19.6 Å². The van der Waals surface area contributed by atoms with E-state index in [-0.39, 0.29) is 0 Å². The van der Waals surface area contributed by atoms with Crippen LogP contribution < -0.4 is 0 Å². The van der Waals surface area contributed by atoms with Crippen LogP contribution in [0.2, 0.25) is 0 Å². The topological polar surface area (TPSA) is 41.3 Å². The quantitative estimate of drug-likeness (QED) is 0.878. The second-order valence-electron chi connectivity index (χ2n) is 7.53. The highest BCUT2D eigenvalue weighted by Gasteiger charge is 2.33. The number of aromatic nitrogens is 2. The van der Waals surface area contributed by atoms with Crippen molar-refractivity contribution in [1.82, 2.24) is 14.5 Å². The first-order valence-electron chi connectivity index (χ1n) is 9.21. The van der Waals surface area contributed by atoms with Gasteiger partial charge in [-0.2, -0.15) is 0 Å². The maximum absolute atomic E-state index is 11.0. The Hall–Kier alpha value is -1.65. The van der Waals surface area contributed by atoms with Gasteiger partial charge in [0.25, 0.3) is 0 Å². The highest BCUT2D eigenvalue weighted by molar-refractivity contribution is 5.75. The number of allylic oxidation sites excluding steroid dienone is 2. The lowest BCUT2D eigenvalue weighted by atomic mass is 9.89. The second kappa shape index (κ2) is 6.69. The van der Waals surface area contributed by atoms with Crippen LogP contribution in [0, 0.1) is 5.92 Å². The first kappa shape index (κ1) is 15.9. The predicted octanol–water partition coefficient (Wildman–Crippen LogP) is 3.22. The first-order valence-corrected chi connectivity index (χ1v) is 9.21. The third-order valence-corrected chi connectivity index (χ3v) is 5.68. The van der Waals surface area contributed by atoms with Gasteiger partial charge in [-0.3, -0.25) is 4.98 Å². The largest absolute Gasteiger partial charge is 0.388 e. The molecule has 2 aromatic rings. The van der Waals surface area contributed by atoms with Crippen LogP contribution >= 0.6 is 0 Å². The molecule has 24 heavy (non-hydrogen) atoms. The monoisotopic (exact) mass is 325 g/mol. The van der Waals surface area contributed by atoms with Crippen molar-refractivity contribution in [2.45, 2.75) is 44.2 Å². The number of pyridine rings is 1. The summed E-state index contributed by atoms with van der Waals surface area (Å²) in [5.74, 6) is 0.806. The number of rotatable bonds is 4. The molecule has 1 N–H and O–H groups in total. The van der Waals surface area contributed by atoms with Crippen LogP contribution in [0.5, 0.6) is 0 Å². The smallest absolute Gasteiger partial charge is 0.0880 e. The zero-order valence-corrected chi connectivity index (χ0v) is 14.3. The molecule has 0 saturated carbocycles. The highest BCUT2D eigenvalue weighted by Crippen LogP contribution is 2.28. The molecule has 1 fully saturated rings. The molecular formula is C20H27N3O. The van der Waals surface area contributed by atoms with E-state index in [9.17, 15) is 5.11 Å². The number of hydrogen-bond acceptors (Lipinski definition) is 3. The number of hydrogen-bond donors (Lipinski definition) is 1. The lowest BCUT2D eigenvalue weighted by molar-refractivity contribution is -0.0360. The van der Waals surface area contributed by atoms with E-state index in [1.54, 1.807) is 0 Å². The molecule has 3 heterocycles. The van der Waals surface area contributed by atoms with Gasteiger partial charge in [0.1, 0.15) is 0 Å². The average molecular weight is 325 g/mol. The summed E-state index contributed by atoms with van der Waals surface area (Å²) >= 11 is 0. The predicted molar refractivity (Wildman–Crippen MR) is 96.8 cm³/mol. The van der Waals surface area contributed by atoms with Crippen molar-refractivity contribution in [3.63, 3.8) is 0 Å². The van der Waals surface area contributed by atoms with E-state index >= 15 is 0 Å². The molecule has 4 nitrogen and oxygen atoms in total. The third-order valence-electron chi connectivity index (χ3n) is 5.68. The molecule has 1 aliphatic heterocycles. The molecule has 0 unspecified atom stereocenters. The van der Waals surface area contributed by atoms with Crippen LogP contribution in [0.15, 0.2) is 42.7 Å². The lowest BCUT2D eigenvalue weighted by Gasteiger charge is -2.40. The summed E-state index contributed by atoms with van der Waals surface area (Å²) in [6.45, 7) is 3.88. The van der Waals surface area contributed by atoms with Gasteiger partial charge in [-0.25, -0.2) is 0 Å². The summed E-state index contributed by atoms with van der Waals surface area (Å²) in [7, 11) is 0. The van der Waals surface area contributed by atoms with E-state index in [0.29, 0.717) is 6.54 Å². The Morgan fingerprint density at radius 2 is 2.08 bits per heavy atom. The van der Waals surface area contributed by atoms with Crippen LogP contribution in [0.25, 0.3) is 11.0 Å². The van der Waals surface area contributed by atoms with Crippen LogP contribution in [0.1, 0.15) is 32.1 Å². The molecule has 1 atom stereocenters. The molecule has 0 bridgehead atoms. The number of piperidine rings is 1. The number of nitrogens with zero attached hydrogens (tertiary/aromatic N) is 3. The Labute approximate surface area is 143 Å². The zero-order chi connectivity index (χ0) is 16.4. The van der Waals surface area contributed by atoms with Crippen molar-refractivity contribution >= 4 is 11.0 Å².